The van der Waals surface area contributed by atoms with E-state index >= 15 is 4.39 Å². The van der Waals surface area contributed by atoms with Crippen molar-refractivity contribution in [3.8, 4) is 11.5 Å². The molecule has 0 aromatic heterocycles. The Bertz CT molecular complexity index is 1330. The van der Waals surface area contributed by atoms with E-state index in [4.69, 9.17) is 0 Å². The Morgan fingerprint density at radius 1 is 0.468 bits per heavy atom. The van der Waals surface area contributed by atoms with Gasteiger partial charge in [-0.25, -0.2) is 14.0 Å². The third-order valence-corrected chi connectivity index (χ3v) is 5.69. The Morgan fingerprint density at radius 2 is 0.702 bits per heavy atom. The zero-order valence-corrected chi connectivity index (χ0v) is 22.0. The largest absolute Gasteiger partial charge is 0.422 e. The molecule has 4 nitrogen and oxygen atoms in total. The lowest BCUT2D eigenvalue weighted by atomic mass is 9.98. The summed E-state index contributed by atoms with van der Waals surface area (Å²) in [6, 6.07) is -4.15. The average Bonchev–Trinajstić information content (AvgIpc) is 2.84. The molecule has 0 aliphatic rings. The Hall–Kier alpha value is -3.95. The molecule has 0 heterocycles. The molecule has 0 saturated heterocycles. The van der Waals surface area contributed by atoms with Crippen molar-refractivity contribution in [1.29, 1.82) is 0 Å². The highest BCUT2D eigenvalue weighted by Gasteiger charge is 2.54. The minimum Gasteiger partial charge on any atom is -0.422 e. The number of hydrogen-bond acceptors (Lipinski definition) is 4. The summed E-state index contributed by atoms with van der Waals surface area (Å²) in [6.07, 6.45) is -39.7. The minimum atomic E-state index is -6.27. The van der Waals surface area contributed by atoms with Crippen LogP contribution in [0.2, 0.25) is 0 Å². The van der Waals surface area contributed by atoms with Gasteiger partial charge in [-0.2, -0.15) is 79.0 Å². The van der Waals surface area contributed by atoms with Crippen LogP contribution in [0.5, 0.6) is 11.5 Å². The molecule has 23 heteroatoms. The van der Waals surface area contributed by atoms with Crippen LogP contribution in [-0.2, 0) is 46.6 Å². The number of carbonyl (C=O) groups excluding carboxylic acids is 2. The van der Waals surface area contributed by atoms with Gasteiger partial charge in [0, 0.05) is 6.42 Å². The first-order valence-corrected chi connectivity index (χ1v) is 11.7. The van der Waals surface area contributed by atoms with E-state index in [0.717, 1.165) is 6.92 Å². The molecule has 2 aromatic rings. The first kappa shape index (κ1) is 39.2. The van der Waals surface area contributed by atoms with Crippen LogP contribution < -0.4 is 9.47 Å². The van der Waals surface area contributed by atoms with Crippen LogP contribution in [0.3, 0.4) is 0 Å². The van der Waals surface area contributed by atoms with Gasteiger partial charge in [0.05, 0.1) is 33.4 Å². The molecule has 0 unspecified atom stereocenters. The van der Waals surface area contributed by atoms with Gasteiger partial charge < -0.3 is 9.47 Å². The van der Waals surface area contributed by atoms with Crippen molar-refractivity contribution < 1.29 is 102 Å². The smallest absolute Gasteiger partial charge is 0.420 e. The van der Waals surface area contributed by atoms with Gasteiger partial charge in [-0.15, -0.1) is 0 Å². The first-order valence-electron chi connectivity index (χ1n) is 11.7. The molecule has 2 rings (SSSR count). The second kappa shape index (κ2) is 12.3. The van der Waals surface area contributed by atoms with Gasteiger partial charge >= 0.3 is 54.7 Å². The Kier molecular flexibility index (Phi) is 10.2. The summed E-state index contributed by atoms with van der Waals surface area (Å²) in [6.45, 7) is 0.774. The molecular formula is C24H11F19O4. The molecule has 0 fully saturated rings. The van der Waals surface area contributed by atoms with Crippen LogP contribution in [0.4, 0.5) is 83.4 Å². The van der Waals surface area contributed by atoms with E-state index < -0.39 is 137 Å². The van der Waals surface area contributed by atoms with Gasteiger partial charge in [0.2, 0.25) is 0 Å². The van der Waals surface area contributed by atoms with Gasteiger partial charge in [-0.1, -0.05) is 13.3 Å². The summed E-state index contributed by atoms with van der Waals surface area (Å²) in [4.78, 5) is 25.2. The lowest BCUT2D eigenvalue weighted by Crippen LogP contribution is -2.48. The summed E-state index contributed by atoms with van der Waals surface area (Å²) in [5, 5.41) is 0. The van der Waals surface area contributed by atoms with E-state index in [2.05, 4.69) is 9.47 Å². The molecule has 0 radical (unpaired) electrons. The van der Waals surface area contributed by atoms with Crippen molar-refractivity contribution >= 4 is 11.9 Å². The van der Waals surface area contributed by atoms with E-state index in [1.807, 2.05) is 0 Å². The average molecular weight is 724 g/mol. The van der Waals surface area contributed by atoms with E-state index in [0.29, 0.717) is 0 Å². The summed E-state index contributed by atoms with van der Waals surface area (Å²) < 4.78 is 264. The number of benzene rings is 2. The van der Waals surface area contributed by atoms with Crippen LogP contribution in [0, 0.1) is 0 Å². The number of carbonyl (C=O) groups is 2. The van der Waals surface area contributed by atoms with Crippen molar-refractivity contribution in [2.75, 3.05) is 0 Å². The molecule has 0 bridgehead atoms. The van der Waals surface area contributed by atoms with E-state index in [9.17, 15) is 88.6 Å². The van der Waals surface area contributed by atoms with Crippen LogP contribution >= 0.6 is 0 Å². The van der Waals surface area contributed by atoms with Crippen molar-refractivity contribution in [3.63, 3.8) is 0 Å². The normalized spacial score (nSPS) is 13.9. The lowest BCUT2D eigenvalue weighted by Gasteiger charge is -2.26. The minimum absolute atomic E-state index is 0.774. The highest BCUT2D eigenvalue weighted by Crippen LogP contribution is 2.50. The summed E-state index contributed by atoms with van der Waals surface area (Å²) in [7, 11) is 0. The number of halogens is 19. The van der Waals surface area contributed by atoms with E-state index in [1.165, 1.54) is 0 Å². The Labute approximate surface area is 247 Å². The van der Waals surface area contributed by atoms with Crippen LogP contribution in [0.15, 0.2) is 24.3 Å². The molecular weight excluding hydrogens is 713 g/mol. The standard InChI is InChI=1S/C24H11F19O4/c1-2-3-18(25,16(44)46-14-10(21(32,33)34)4-8(19(26,27)28)5-11(14)22(35,36)37)17(45)47-15-12(23(38,39)40)6-9(20(29,30)31)7-13(15)24(41,42)43/h4-7H,2-3H2,1H3. The van der Waals surface area contributed by atoms with Gasteiger partial charge in [0.1, 0.15) is 0 Å². The zero-order valence-electron chi connectivity index (χ0n) is 22.0. The second-order valence-electron chi connectivity index (χ2n) is 9.12. The molecule has 264 valence electrons. The maximum absolute atomic E-state index is 15.8. The topological polar surface area (TPSA) is 52.6 Å². The van der Waals surface area contributed by atoms with Crippen molar-refractivity contribution in [2.45, 2.75) is 62.5 Å². The molecule has 2 aromatic carbocycles. The predicted octanol–water partition coefficient (Wildman–Crippen LogP) is 9.82. The lowest BCUT2D eigenvalue weighted by molar-refractivity contribution is -0.167. The predicted molar refractivity (Wildman–Crippen MR) is 113 cm³/mol. The summed E-state index contributed by atoms with van der Waals surface area (Å²) in [5.74, 6) is -12.4. The maximum Gasteiger partial charge on any atom is 0.420 e. The highest BCUT2D eigenvalue weighted by molar-refractivity contribution is 6.05. The molecule has 0 amide bonds. The summed E-state index contributed by atoms with van der Waals surface area (Å²) in [5.41, 5.74) is -22.4. The van der Waals surface area contributed by atoms with Crippen LogP contribution in [0.25, 0.3) is 0 Å². The number of alkyl halides is 19. The van der Waals surface area contributed by atoms with Crippen molar-refractivity contribution in [1.82, 2.24) is 0 Å². The Morgan fingerprint density at radius 3 is 0.872 bits per heavy atom. The molecule has 0 N–H and O–H groups in total. The van der Waals surface area contributed by atoms with Gasteiger partial charge in [-0.3, -0.25) is 0 Å². The van der Waals surface area contributed by atoms with E-state index in [-0.39, 0.29) is 0 Å². The Balaban J connectivity index is 2.84. The molecule has 0 aliphatic carbocycles. The molecule has 0 aliphatic heterocycles. The van der Waals surface area contributed by atoms with Crippen molar-refractivity contribution in [3.05, 3.63) is 57.6 Å². The third-order valence-electron chi connectivity index (χ3n) is 5.69. The first-order chi connectivity index (χ1) is 20.8. The molecule has 0 atom stereocenters. The molecule has 0 saturated carbocycles. The fraction of sp³-hybridized carbons (Fsp3) is 0.417. The summed E-state index contributed by atoms with van der Waals surface area (Å²) >= 11 is 0. The monoisotopic (exact) mass is 724 g/mol. The van der Waals surface area contributed by atoms with Gasteiger partial charge in [0.25, 0.3) is 0 Å². The number of rotatable bonds is 6. The van der Waals surface area contributed by atoms with E-state index in [1.54, 1.807) is 0 Å². The fourth-order valence-corrected chi connectivity index (χ4v) is 3.63. The quantitative estimate of drug-likeness (QED) is 0.129. The zero-order chi connectivity index (χ0) is 36.9. The van der Waals surface area contributed by atoms with Crippen LogP contribution in [0.1, 0.15) is 53.1 Å². The van der Waals surface area contributed by atoms with Crippen molar-refractivity contribution in [2.24, 2.45) is 0 Å². The molecule has 0 spiro atoms. The number of ether oxygens (including phenoxy) is 2. The third kappa shape index (κ3) is 8.70. The number of esters is 2. The highest BCUT2D eigenvalue weighted by atomic mass is 19.4. The second-order valence-corrected chi connectivity index (χ2v) is 9.12. The maximum atomic E-state index is 15.8. The number of hydrogen-bond donors (Lipinski definition) is 0. The fourth-order valence-electron chi connectivity index (χ4n) is 3.63. The SMILES string of the molecule is CCCC(F)(C(=O)Oc1c(C(F)(F)F)cc(C(F)(F)F)cc1C(F)(F)F)C(=O)Oc1c(C(F)(F)F)cc(C(F)(F)F)cc1C(F)(F)F. The van der Waals surface area contributed by atoms with Gasteiger partial charge in [-0.05, 0) is 24.3 Å². The molecule has 47 heavy (non-hydrogen) atoms. The van der Waals surface area contributed by atoms with Crippen LogP contribution in [-0.4, -0.2) is 17.6 Å². The van der Waals surface area contributed by atoms with Gasteiger partial charge in [0.15, 0.2) is 11.5 Å².